The Morgan fingerprint density at radius 3 is 2.52 bits per heavy atom. The summed E-state index contributed by atoms with van der Waals surface area (Å²) in [6, 6.07) is 15.2. The zero-order valence-electron chi connectivity index (χ0n) is 24.9. The maximum Gasteiger partial charge on any atom is 0.265 e. The molecule has 3 amide bonds. The van der Waals surface area contributed by atoms with Crippen LogP contribution >= 0.6 is 0 Å². The molecule has 0 bridgehead atoms. The molecule has 0 aliphatic carbocycles. The summed E-state index contributed by atoms with van der Waals surface area (Å²) in [5, 5.41) is 2.96. The van der Waals surface area contributed by atoms with Crippen molar-refractivity contribution >= 4 is 28.6 Å². The van der Waals surface area contributed by atoms with Crippen LogP contribution in [-0.4, -0.2) is 61.2 Å². The van der Waals surface area contributed by atoms with Gasteiger partial charge in [-0.2, -0.15) is 0 Å². The van der Waals surface area contributed by atoms with Gasteiger partial charge in [0.05, 0.1) is 22.3 Å². The Balaban J connectivity index is 1.02. The molecule has 7 rings (SSSR count). The molecule has 5 heterocycles. The van der Waals surface area contributed by atoms with Crippen LogP contribution in [0.5, 0.6) is 0 Å². The fourth-order valence-electron chi connectivity index (χ4n) is 6.90. The monoisotopic (exact) mass is 590 g/mol. The first kappa shape index (κ1) is 28.1. The predicted octanol–water partition coefficient (Wildman–Crippen LogP) is 3.54. The van der Waals surface area contributed by atoms with E-state index in [1.165, 1.54) is 5.56 Å². The lowest BCUT2D eigenvalue weighted by Gasteiger charge is -2.32. The molecular formula is C34H34N6O4. The van der Waals surface area contributed by atoms with Crippen LogP contribution in [0.1, 0.15) is 70.0 Å². The van der Waals surface area contributed by atoms with Crippen molar-refractivity contribution in [3.8, 4) is 5.69 Å². The first-order valence-corrected chi connectivity index (χ1v) is 15.2. The normalized spacial score (nSPS) is 19.5. The number of hydrogen-bond acceptors (Lipinski definition) is 7. The number of benzene rings is 2. The molecule has 44 heavy (non-hydrogen) atoms. The van der Waals surface area contributed by atoms with Gasteiger partial charge in [-0.1, -0.05) is 18.2 Å². The van der Waals surface area contributed by atoms with Crippen molar-refractivity contribution in [3.63, 3.8) is 0 Å². The van der Waals surface area contributed by atoms with Gasteiger partial charge in [-0.05, 0) is 99.1 Å². The first-order valence-electron chi connectivity index (χ1n) is 15.2. The second-order valence-corrected chi connectivity index (χ2v) is 12.2. The van der Waals surface area contributed by atoms with E-state index in [9.17, 15) is 19.2 Å². The van der Waals surface area contributed by atoms with E-state index >= 15 is 0 Å². The Morgan fingerprint density at radius 2 is 1.75 bits per heavy atom. The Bertz CT molecular complexity index is 1890. The average molecular weight is 591 g/mol. The summed E-state index contributed by atoms with van der Waals surface area (Å²) < 4.78 is 1.58. The molecule has 10 heteroatoms. The van der Waals surface area contributed by atoms with E-state index in [0.29, 0.717) is 35.3 Å². The van der Waals surface area contributed by atoms with Crippen LogP contribution in [0.3, 0.4) is 0 Å². The van der Waals surface area contributed by atoms with Crippen molar-refractivity contribution in [2.75, 3.05) is 13.1 Å². The highest BCUT2D eigenvalue weighted by Crippen LogP contribution is 2.34. The van der Waals surface area contributed by atoms with E-state index in [1.54, 1.807) is 15.8 Å². The van der Waals surface area contributed by atoms with E-state index in [2.05, 4.69) is 38.4 Å². The summed E-state index contributed by atoms with van der Waals surface area (Å²) in [6.07, 6.45) is 4.18. The lowest BCUT2D eigenvalue weighted by molar-refractivity contribution is -0.136. The van der Waals surface area contributed by atoms with Gasteiger partial charge in [0.1, 0.15) is 12.4 Å². The van der Waals surface area contributed by atoms with Gasteiger partial charge >= 0.3 is 0 Å². The number of carbonyl (C=O) groups is 3. The summed E-state index contributed by atoms with van der Waals surface area (Å²) >= 11 is 0. The molecular weight excluding hydrogens is 556 g/mol. The van der Waals surface area contributed by atoms with Gasteiger partial charge in [0.2, 0.25) is 11.8 Å². The number of piperidine rings is 2. The molecule has 4 aromatic rings. The van der Waals surface area contributed by atoms with Crippen molar-refractivity contribution in [3.05, 3.63) is 98.9 Å². The maximum absolute atomic E-state index is 13.5. The molecule has 2 aromatic carbocycles. The molecule has 2 saturated heterocycles. The van der Waals surface area contributed by atoms with Gasteiger partial charge in [-0.3, -0.25) is 38.9 Å². The van der Waals surface area contributed by atoms with E-state index in [4.69, 9.17) is 0 Å². The van der Waals surface area contributed by atoms with Crippen LogP contribution in [-0.2, 0) is 22.7 Å². The highest BCUT2D eigenvalue weighted by atomic mass is 16.2. The van der Waals surface area contributed by atoms with Gasteiger partial charge < -0.3 is 4.90 Å². The Kier molecular flexibility index (Phi) is 7.08. The molecule has 3 aliphatic rings. The number of aromatic nitrogens is 3. The molecule has 1 unspecified atom stereocenters. The van der Waals surface area contributed by atoms with Gasteiger partial charge in [0.15, 0.2) is 0 Å². The lowest BCUT2D eigenvalue weighted by atomic mass is 9.87. The second kappa shape index (κ2) is 11.1. The number of fused-ring (bicyclic) bond motifs is 2. The number of rotatable bonds is 5. The minimum Gasteiger partial charge on any atom is -0.322 e. The summed E-state index contributed by atoms with van der Waals surface area (Å²) in [5.74, 6) is -0.424. The van der Waals surface area contributed by atoms with Crippen LogP contribution in [0.4, 0.5) is 0 Å². The molecule has 1 atom stereocenters. The highest BCUT2D eigenvalue weighted by molar-refractivity contribution is 6.05. The average Bonchev–Trinajstić information content (AvgIpc) is 3.33. The number of nitrogens with zero attached hydrogens (tertiary/aromatic N) is 5. The molecule has 3 aliphatic heterocycles. The number of carbonyl (C=O) groups excluding carboxylic acids is 3. The number of pyridine rings is 1. The maximum atomic E-state index is 13.5. The van der Waals surface area contributed by atoms with Crippen molar-refractivity contribution < 1.29 is 14.4 Å². The number of hydrogen-bond donors (Lipinski definition) is 1. The Labute approximate surface area is 254 Å². The largest absolute Gasteiger partial charge is 0.322 e. The van der Waals surface area contributed by atoms with E-state index in [1.807, 2.05) is 44.2 Å². The van der Waals surface area contributed by atoms with Crippen LogP contribution in [0, 0.1) is 13.8 Å². The number of nitrogens with one attached hydrogen (secondary N) is 1. The number of likely N-dealkylation sites (tertiary alicyclic amines) is 1. The zero-order valence-corrected chi connectivity index (χ0v) is 24.9. The quantitative estimate of drug-likeness (QED) is 0.354. The third kappa shape index (κ3) is 5.09. The highest BCUT2D eigenvalue weighted by Gasteiger charge is 2.39. The summed E-state index contributed by atoms with van der Waals surface area (Å²) in [5.41, 5.74) is 6.91. The minimum atomic E-state index is -0.600. The molecule has 1 N–H and O–H groups in total. The number of aryl methyl sites for hydroxylation is 2. The van der Waals surface area contributed by atoms with Crippen LogP contribution < -0.4 is 10.9 Å². The Hall–Kier alpha value is -4.70. The molecule has 2 fully saturated rings. The molecule has 10 nitrogen and oxygen atoms in total. The third-order valence-corrected chi connectivity index (χ3v) is 9.29. The fraction of sp³-hybridized carbons (Fsp3) is 0.353. The molecule has 0 spiro atoms. The van der Waals surface area contributed by atoms with Crippen molar-refractivity contribution in [2.45, 2.75) is 64.6 Å². The van der Waals surface area contributed by atoms with E-state index in [-0.39, 0.29) is 29.7 Å². The fourth-order valence-corrected chi connectivity index (χ4v) is 6.90. The second-order valence-electron chi connectivity index (χ2n) is 12.2. The summed E-state index contributed by atoms with van der Waals surface area (Å²) in [6.45, 7) is 6.82. The van der Waals surface area contributed by atoms with Crippen LogP contribution in [0.2, 0.25) is 0 Å². The Morgan fingerprint density at radius 1 is 0.932 bits per heavy atom. The van der Waals surface area contributed by atoms with E-state index in [0.717, 1.165) is 60.7 Å². The summed E-state index contributed by atoms with van der Waals surface area (Å²) in [7, 11) is 0. The zero-order chi connectivity index (χ0) is 30.5. The molecule has 224 valence electrons. The van der Waals surface area contributed by atoms with Crippen LogP contribution in [0.15, 0.2) is 59.7 Å². The lowest BCUT2D eigenvalue weighted by Crippen LogP contribution is -2.52. The smallest absolute Gasteiger partial charge is 0.265 e. The first-order chi connectivity index (χ1) is 21.2. The van der Waals surface area contributed by atoms with Crippen molar-refractivity contribution in [2.24, 2.45) is 0 Å². The molecule has 0 radical (unpaired) electrons. The van der Waals surface area contributed by atoms with Crippen molar-refractivity contribution in [1.82, 2.24) is 29.7 Å². The number of imide groups is 1. The van der Waals surface area contributed by atoms with Crippen LogP contribution in [0.25, 0.3) is 16.6 Å². The standard InChI is InChI=1S/C34H34N6O4/c1-20-3-8-29(21(2)36-20)40-19-35-28-7-4-22(15-27(28)34(40)44)17-38-13-11-23(12-14-38)24-5-6-26-25(16-24)18-39(33(26)43)30-9-10-31(41)37-32(30)42/h3-8,15-16,19,23,30H,9-14,17-18H2,1-2H3,(H,37,41,42). The van der Waals surface area contributed by atoms with Gasteiger partial charge in [-0.25, -0.2) is 4.98 Å². The molecule has 0 saturated carbocycles. The predicted molar refractivity (Wildman–Crippen MR) is 164 cm³/mol. The topological polar surface area (TPSA) is 117 Å². The summed E-state index contributed by atoms with van der Waals surface area (Å²) in [4.78, 5) is 63.6. The third-order valence-electron chi connectivity index (χ3n) is 9.29. The van der Waals surface area contributed by atoms with Crippen molar-refractivity contribution in [1.29, 1.82) is 0 Å². The minimum absolute atomic E-state index is 0.101. The SMILES string of the molecule is Cc1ccc(-n2cnc3ccc(CN4CCC(c5ccc6c(c5)CN(C5CCC(=O)NC5=O)C6=O)CC4)cc3c2=O)c(C)n1. The van der Waals surface area contributed by atoms with Gasteiger partial charge in [-0.15, -0.1) is 0 Å². The van der Waals surface area contributed by atoms with Gasteiger partial charge in [0, 0.05) is 30.8 Å². The van der Waals surface area contributed by atoms with Gasteiger partial charge in [0.25, 0.3) is 11.5 Å². The number of amides is 3. The van der Waals surface area contributed by atoms with E-state index < -0.39 is 6.04 Å². The molecule has 2 aromatic heterocycles.